The number of hydrogen-bond acceptors (Lipinski definition) is 11. The molecule has 28 heavy (non-hydrogen) atoms. The first kappa shape index (κ1) is 20.6. The minimum atomic E-state index is -3.74. The van der Waals surface area contributed by atoms with Gasteiger partial charge in [0.05, 0.1) is 12.9 Å². The summed E-state index contributed by atoms with van der Waals surface area (Å²) in [6.45, 7) is -1.05. The quantitative estimate of drug-likeness (QED) is 0.377. The standard InChI is InChI=1S/C13H16Cl2N5O6PS/c1-22-13-25-7-5(3-23-27(14,15)21)24-11(8(7)26-13)20-4-17-6-9(16)18-12(28-2)19-10(6)20/h4-5,7-8,11,13H,3H2,1-2H3,(H2,16,18,19)/t5-,7-,8-,11-,13?/m1/s1. The van der Waals surface area contributed by atoms with Crippen LogP contribution in [-0.4, -0.2) is 64.3 Å². The molecule has 11 nitrogen and oxygen atoms in total. The highest BCUT2D eigenvalue weighted by molar-refractivity contribution is 8.05. The lowest BCUT2D eigenvalue weighted by molar-refractivity contribution is -0.256. The number of ether oxygens (including phenoxy) is 4. The van der Waals surface area contributed by atoms with Crippen molar-refractivity contribution in [1.82, 2.24) is 19.5 Å². The molecule has 0 aromatic carbocycles. The van der Waals surface area contributed by atoms with Crippen molar-refractivity contribution >= 4 is 57.3 Å². The molecule has 1 unspecified atom stereocenters. The van der Waals surface area contributed by atoms with Crippen molar-refractivity contribution in [1.29, 1.82) is 0 Å². The van der Waals surface area contributed by atoms with Gasteiger partial charge in [0.1, 0.15) is 23.8 Å². The van der Waals surface area contributed by atoms with E-state index in [0.717, 1.165) is 0 Å². The Morgan fingerprint density at radius 3 is 2.75 bits per heavy atom. The number of nitrogens with two attached hydrogens (primary N) is 1. The molecule has 2 aromatic heterocycles. The molecular weight excluding hydrogens is 456 g/mol. The monoisotopic (exact) mass is 471 g/mol. The minimum absolute atomic E-state index is 0.165. The fourth-order valence-corrected chi connectivity index (χ4v) is 4.16. The predicted molar refractivity (Wildman–Crippen MR) is 101 cm³/mol. The number of nitrogen functional groups attached to an aromatic ring is 1. The van der Waals surface area contributed by atoms with Gasteiger partial charge >= 0.3 is 6.07 Å². The number of rotatable bonds is 6. The average Bonchev–Trinajstić information content (AvgIpc) is 3.32. The summed E-state index contributed by atoms with van der Waals surface area (Å²) in [5.74, 6) is 0.256. The lowest BCUT2D eigenvalue weighted by Gasteiger charge is -2.20. The third-order valence-corrected chi connectivity index (χ3v) is 5.87. The van der Waals surface area contributed by atoms with E-state index >= 15 is 0 Å². The van der Waals surface area contributed by atoms with Crippen molar-refractivity contribution in [2.75, 3.05) is 25.7 Å². The van der Waals surface area contributed by atoms with Crippen LogP contribution in [-0.2, 0) is 28.0 Å². The van der Waals surface area contributed by atoms with Crippen LogP contribution in [0.4, 0.5) is 5.82 Å². The molecule has 0 bridgehead atoms. The number of hydrogen-bond donors (Lipinski definition) is 1. The summed E-state index contributed by atoms with van der Waals surface area (Å²) in [4.78, 5) is 12.9. The molecule has 0 aliphatic carbocycles. The van der Waals surface area contributed by atoms with E-state index in [4.69, 9.17) is 51.7 Å². The number of methoxy groups -OCH3 is 1. The van der Waals surface area contributed by atoms with E-state index in [0.29, 0.717) is 16.3 Å². The maximum atomic E-state index is 11.5. The van der Waals surface area contributed by atoms with Gasteiger partial charge in [0.25, 0.3) is 6.48 Å². The van der Waals surface area contributed by atoms with Gasteiger partial charge in [0.2, 0.25) is 0 Å². The molecule has 0 radical (unpaired) electrons. The number of aromatic nitrogens is 4. The molecule has 4 heterocycles. The molecule has 2 aliphatic rings. The number of anilines is 1. The van der Waals surface area contributed by atoms with Crippen LogP contribution in [0.3, 0.4) is 0 Å². The Labute approximate surface area is 173 Å². The Morgan fingerprint density at radius 1 is 1.32 bits per heavy atom. The number of fused-ring (bicyclic) bond motifs is 2. The molecule has 5 atom stereocenters. The molecule has 0 amide bonds. The number of imidazole rings is 1. The smallest absolute Gasteiger partial charge is 0.380 e. The zero-order valence-electron chi connectivity index (χ0n) is 14.6. The van der Waals surface area contributed by atoms with E-state index in [1.807, 2.05) is 6.26 Å². The third-order valence-electron chi connectivity index (χ3n) is 4.29. The first-order valence-corrected chi connectivity index (χ1v) is 12.6. The van der Waals surface area contributed by atoms with Gasteiger partial charge in [-0.25, -0.2) is 15.0 Å². The van der Waals surface area contributed by atoms with Crippen LogP contribution in [0.15, 0.2) is 11.5 Å². The first-order chi connectivity index (χ1) is 13.3. The van der Waals surface area contributed by atoms with Crippen LogP contribution in [0.1, 0.15) is 6.23 Å². The second kappa shape index (κ2) is 7.86. The van der Waals surface area contributed by atoms with Gasteiger partial charge in [0, 0.05) is 7.11 Å². The summed E-state index contributed by atoms with van der Waals surface area (Å²) in [6.07, 6.45) is -2.87. The summed E-state index contributed by atoms with van der Waals surface area (Å²) < 4.78 is 40.8. The van der Waals surface area contributed by atoms with Crippen molar-refractivity contribution < 1.29 is 28.0 Å². The van der Waals surface area contributed by atoms with E-state index in [2.05, 4.69) is 15.0 Å². The van der Waals surface area contributed by atoms with Gasteiger partial charge in [-0.3, -0.25) is 9.13 Å². The zero-order valence-corrected chi connectivity index (χ0v) is 17.8. The summed E-state index contributed by atoms with van der Waals surface area (Å²) in [5.41, 5.74) is 6.90. The van der Waals surface area contributed by atoms with Gasteiger partial charge in [-0.15, -0.1) is 0 Å². The molecule has 2 fully saturated rings. The van der Waals surface area contributed by atoms with E-state index in [9.17, 15) is 4.57 Å². The Balaban J connectivity index is 1.68. The summed E-state index contributed by atoms with van der Waals surface area (Å²) >= 11 is 12.3. The Kier molecular flexibility index (Phi) is 5.78. The van der Waals surface area contributed by atoms with Crippen LogP contribution >= 0.6 is 40.3 Å². The van der Waals surface area contributed by atoms with Crippen molar-refractivity contribution in [2.24, 2.45) is 0 Å². The SMILES string of the molecule is COC1O[C@@H]2[C@H](O1)[C@@H](COP(=O)(Cl)Cl)O[C@H]2n1cnc2c(N)nc(SC)nc21. The summed E-state index contributed by atoms with van der Waals surface area (Å²) in [5, 5.41) is 0.491. The first-order valence-electron chi connectivity index (χ1n) is 7.98. The minimum Gasteiger partial charge on any atom is -0.382 e. The Hall–Kier alpha value is -0.690. The van der Waals surface area contributed by atoms with Crippen LogP contribution < -0.4 is 5.73 Å². The predicted octanol–water partition coefficient (Wildman–Crippen LogP) is 2.34. The van der Waals surface area contributed by atoms with Gasteiger partial charge in [-0.05, 0) is 28.7 Å². The van der Waals surface area contributed by atoms with Gasteiger partial charge in [0.15, 0.2) is 22.8 Å². The highest BCUT2D eigenvalue weighted by Crippen LogP contribution is 2.58. The van der Waals surface area contributed by atoms with Crippen LogP contribution in [0.5, 0.6) is 0 Å². The fraction of sp³-hybridized carbons (Fsp3) is 0.615. The molecular formula is C13H16Cl2N5O6PS. The largest absolute Gasteiger partial charge is 0.382 e. The number of nitrogens with zero attached hydrogens (tertiary/aromatic N) is 4. The lowest BCUT2D eigenvalue weighted by Crippen LogP contribution is -2.31. The third kappa shape index (κ3) is 3.85. The normalized spacial score (nSPS) is 30.2. The number of halogens is 2. The molecule has 2 saturated heterocycles. The molecule has 0 spiro atoms. The highest BCUT2D eigenvalue weighted by Gasteiger charge is 2.54. The van der Waals surface area contributed by atoms with Crippen molar-refractivity contribution in [3.05, 3.63) is 6.33 Å². The van der Waals surface area contributed by atoms with E-state index in [-0.39, 0.29) is 12.4 Å². The Bertz CT molecular complexity index is 930. The second-order valence-corrected chi connectivity index (χ2v) is 11.0. The molecule has 2 aliphatic heterocycles. The van der Waals surface area contributed by atoms with E-state index in [1.165, 1.54) is 25.2 Å². The van der Waals surface area contributed by atoms with Gasteiger partial charge < -0.3 is 29.2 Å². The van der Waals surface area contributed by atoms with Crippen LogP contribution in [0.2, 0.25) is 0 Å². The molecule has 2 N–H and O–H groups in total. The molecule has 4 rings (SSSR count). The highest BCUT2D eigenvalue weighted by atomic mass is 35.9. The average molecular weight is 472 g/mol. The maximum absolute atomic E-state index is 11.5. The van der Waals surface area contributed by atoms with Gasteiger partial charge in [-0.2, -0.15) is 0 Å². The van der Waals surface area contributed by atoms with Crippen LogP contribution in [0.25, 0.3) is 11.2 Å². The van der Waals surface area contributed by atoms with Crippen LogP contribution in [0, 0.1) is 0 Å². The molecule has 154 valence electrons. The Morgan fingerprint density at radius 2 is 2.07 bits per heavy atom. The van der Waals surface area contributed by atoms with Gasteiger partial charge in [-0.1, -0.05) is 11.8 Å². The van der Waals surface area contributed by atoms with Crippen molar-refractivity contribution in [3.8, 4) is 0 Å². The summed E-state index contributed by atoms with van der Waals surface area (Å²) in [7, 11) is 1.45. The maximum Gasteiger partial charge on any atom is 0.380 e. The number of thioether (sulfide) groups is 1. The zero-order chi connectivity index (χ0) is 20.1. The molecule has 2 aromatic rings. The van der Waals surface area contributed by atoms with Crippen molar-refractivity contribution in [3.63, 3.8) is 0 Å². The topological polar surface area (TPSA) is 133 Å². The van der Waals surface area contributed by atoms with E-state index < -0.39 is 37.1 Å². The second-order valence-electron chi connectivity index (χ2n) is 5.92. The fourth-order valence-electron chi connectivity index (χ4n) is 3.13. The lowest BCUT2D eigenvalue weighted by atomic mass is 10.1. The van der Waals surface area contributed by atoms with Crippen molar-refractivity contribution in [2.45, 2.75) is 36.2 Å². The molecule has 15 heteroatoms. The summed E-state index contributed by atoms with van der Waals surface area (Å²) in [6, 6.07) is 0. The van der Waals surface area contributed by atoms with E-state index in [1.54, 1.807) is 4.57 Å². The molecule has 0 saturated carbocycles.